The fraction of sp³-hybridized carbons (Fsp3) is 0.776. The molecule has 5 aliphatic carbocycles. The molecule has 0 saturated heterocycles. The van der Waals surface area contributed by atoms with Gasteiger partial charge in [0, 0.05) is 35.8 Å². The molecule has 5 fully saturated rings. The van der Waals surface area contributed by atoms with Crippen LogP contribution < -0.4 is 15.4 Å². The number of amides is 1. The molecule has 64 heavy (non-hydrogen) atoms. The van der Waals surface area contributed by atoms with E-state index in [0.29, 0.717) is 27.7 Å². The van der Waals surface area contributed by atoms with Crippen molar-refractivity contribution >= 4 is 40.8 Å². The zero-order valence-electron chi connectivity index (χ0n) is 44.0. The van der Waals surface area contributed by atoms with E-state index in [0.717, 1.165) is 77.4 Å². The fourth-order valence-electron chi connectivity index (χ4n) is 14.0. The van der Waals surface area contributed by atoms with Crippen LogP contribution in [0.5, 0.6) is 0 Å². The van der Waals surface area contributed by atoms with Gasteiger partial charge in [0.05, 0.1) is 5.02 Å². The summed E-state index contributed by atoms with van der Waals surface area (Å²) >= 11 is 7.75. The molecule has 1 amide bonds. The zero-order chi connectivity index (χ0) is 47.5. The van der Waals surface area contributed by atoms with Crippen molar-refractivity contribution in [3.63, 3.8) is 0 Å². The number of anilines is 2. The smallest absolute Gasteiger partial charge is 0.230 e. The van der Waals surface area contributed by atoms with Gasteiger partial charge in [-0.1, -0.05) is 132 Å². The highest BCUT2D eigenvalue weighted by atomic mass is 35.5. The molecular weight excluding hydrogens is 822 g/mol. The van der Waals surface area contributed by atoms with Gasteiger partial charge in [-0.3, -0.25) is 9.52 Å². The number of halogens is 1. The Bertz CT molecular complexity index is 1630. The summed E-state index contributed by atoms with van der Waals surface area (Å²) in [6.45, 7) is 33.6. The monoisotopic (exact) mass is 922 g/mol. The van der Waals surface area contributed by atoms with Crippen molar-refractivity contribution in [2.75, 3.05) is 23.7 Å². The summed E-state index contributed by atoms with van der Waals surface area (Å²) in [4.78, 5) is 13.5. The lowest BCUT2D eigenvalue weighted by Crippen LogP contribution is -2.52. The van der Waals surface area contributed by atoms with E-state index in [2.05, 4.69) is 109 Å². The number of nitrogens with one attached hydrogen (secondary N) is 3. The molecule has 0 aliphatic heterocycles. The quantitative estimate of drug-likeness (QED) is 0.175. The van der Waals surface area contributed by atoms with Crippen molar-refractivity contribution < 1.29 is 4.79 Å². The number of benzene rings is 2. The highest BCUT2D eigenvalue weighted by molar-refractivity contribution is 7.98. The molecule has 0 radical (unpaired) electrons. The third-order valence-corrected chi connectivity index (χ3v) is 18.9. The van der Waals surface area contributed by atoms with Crippen LogP contribution in [0.1, 0.15) is 211 Å². The van der Waals surface area contributed by atoms with Crippen molar-refractivity contribution in [3.05, 3.63) is 53.1 Å². The van der Waals surface area contributed by atoms with Gasteiger partial charge in [-0.2, -0.15) is 0 Å². The van der Waals surface area contributed by atoms with Crippen LogP contribution in [0, 0.1) is 70.5 Å². The summed E-state index contributed by atoms with van der Waals surface area (Å²) in [6.07, 6.45) is 24.7. The number of rotatable bonds is 13. The Balaban J connectivity index is 0.000000318. The van der Waals surface area contributed by atoms with E-state index in [1.54, 1.807) is 0 Å². The number of hydrogen-bond acceptors (Lipinski definition) is 4. The van der Waals surface area contributed by atoms with Crippen LogP contribution in [-0.2, 0) is 4.79 Å². The summed E-state index contributed by atoms with van der Waals surface area (Å²) < 4.78 is 3.02. The largest absolute Gasteiger partial charge is 0.385 e. The Labute approximate surface area is 406 Å². The van der Waals surface area contributed by atoms with Crippen molar-refractivity contribution in [1.29, 1.82) is 0 Å². The fourth-order valence-corrected chi connectivity index (χ4v) is 14.9. The van der Waals surface area contributed by atoms with E-state index in [1.807, 2.05) is 45.9 Å². The average Bonchev–Trinajstić information content (AvgIpc) is 3.63. The number of hydrogen-bond donors (Lipinski definition) is 3. The van der Waals surface area contributed by atoms with E-state index >= 15 is 0 Å². The van der Waals surface area contributed by atoms with Crippen LogP contribution in [0.2, 0.25) is 5.02 Å². The summed E-state index contributed by atoms with van der Waals surface area (Å²) in [5.41, 5.74) is 5.29. The first-order chi connectivity index (χ1) is 30.7. The zero-order valence-corrected chi connectivity index (χ0v) is 45.6. The number of carbonyl (C=O) groups is 1. The first-order valence-corrected chi connectivity index (χ1v) is 28.2. The Morgan fingerprint density at radius 1 is 0.750 bits per heavy atom. The molecule has 10 unspecified atom stereocenters. The van der Waals surface area contributed by atoms with Crippen LogP contribution in [0.4, 0.5) is 11.4 Å². The van der Waals surface area contributed by atoms with Crippen molar-refractivity contribution in [3.8, 4) is 0 Å². The maximum atomic E-state index is 12.6. The van der Waals surface area contributed by atoms with Crippen molar-refractivity contribution in [2.45, 2.75) is 217 Å². The predicted octanol–water partition coefficient (Wildman–Crippen LogP) is 18.5. The first kappa shape index (κ1) is 56.5. The lowest BCUT2D eigenvalue weighted by molar-refractivity contribution is -0.119. The Morgan fingerprint density at radius 2 is 1.41 bits per heavy atom. The van der Waals surface area contributed by atoms with E-state index in [9.17, 15) is 4.79 Å². The minimum absolute atomic E-state index is 0.124. The highest BCUT2D eigenvalue weighted by Gasteiger charge is 2.59. The molecule has 6 heteroatoms. The number of carbonyl (C=O) groups excluding carboxylic acids is 1. The Hall–Kier alpha value is -1.85. The van der Waals surface area contributed by atoms with Crippen LogP contribution >= 0.6 is 23.5 Å². The highest BCUT2D eigenvalue weighted by Crippen LogP contribution is 2.68. The molecule has 0 aromatic heterocycles. The summed E-state index contributed by atoms with van der Waals surface area (Å²) in [5.74, 6) is 7.54. The topological polar surface area (TPSA) is 53.2 Å². The van der Waals surface area contributed by atoms with Crippen molar-refractivity contribution in [2.24, 2.45) is 63.6 Å². The third-order valence-electron chi connectivity index (χ3n) is 17.6. The van der Waals surface area contributed by atoms with Crippen LogP contribution in [0.3, 0.4) is 0 Å². The first-order valence-electron chi connectivity index (χ1n) is 27.0. The SMILES string of the molecule is CC.CC.CCC(C)C1(C)CCCCC1C(C)C.CCNc1ccc(SNC(=O)CCCC2CCC3C4CCC5CCCCC5(C)C4CCC23C)c(Cl)c1.CCNc1cccc(C)c1. The second-order valence-electron chi connectivity index (χ2n) is 21.2. The summed E-state index contributed by atoms with van der Waals surface area (Å²) in [7, 11) is 0. The molecule has 5 saturated carbocycles. The number of fused-ring (bicyclic) bond motifs is 5. The maximum absolute atomic E-state index is 12.6. The van der Waals surface area contributed by atoms with Gasteiger partial charge in [0.15, 0.2) is 0 Å². The Kier molecular flexibility index (Phi) is 24.6. The molecule has 2 aromatic carbocycles. The van der Waals surface area contributed by atoms with Gasteiger partial charge in [-0.15, -0.1) is 0 Å². The maximum Gasteiger partial charge on any atom is 0.230 e. The minimum atomic E-state index is 0.124. The average molecular weight is 923 g/mol. The molecule has 5 aliphatic rings. The van der Waals surface area contributed by atoms with E-state index in [-0.39, 0.29) is 5.91 Å². The molecule has 7 rings (SSSR count). The lowest BCUT2D eigenvalue weighted by atomic mass is 9.45. The third kappa shape index (κ3) is 14.6. The standard InChI is InChI=1S/C31H47ClN2OS.C14H28.C9H13N.2C2H6/c1-4-33-23-13-16-28(27(32)20-23)36-34-29(35)10-7-9-22-12-15-25-24-14-11-21-8-5-6-18-30(21,2)26(24)17-19-31(22,25)3;1-6-12(4)14(5)10-8-7-9-13(14)11(2)3;1-3-10-9-6-4-5-8(2)7-9;2*1-2/h13,16,20-22,24-26,33H,4-12,14-15,17-19H2,1-3H3,(H,34,35);11-13H,6-10H2,1-5H3;4-7,10H,3H2,1-2H3;2*1-2H3. The molecule has 2 aromatic rings. The minimum Gasteiger partial charge on any atom is -0.385 e. The van der Waals surface area contributed by atoms with E-state index in [1.165, 1.54) is 126 Å². The van der Waals surface area contributed by atoms with Gasteiger partial charge >= 0.3 is 0 Å². The van der Waals surface area contributed by atoms with Gasteiger partial charge < -0.3 is 10.6 Å². The van der Waals surface area contributed by atoms with Gasteiger partial charge in [-0.05, 0) is 209 Å². The Morgan fingerprint density at radius 3 is 2.05 bits per heavy atom. The summed E-state index contributed by atoms with van der Waals surface area (Å²) in [5, 5.41) is 7.19. The second-order valence-corrected chi connectivity index (χ2v) is 22.5. The van der Waals surface area contributed by atoms with Crippen LogP contribution in [-0.4, -0.2) is 19.0 Å². The molecule has 0 spiro atoms. The van der Waals surface area contributed by atoms with Gasteiger partial charge in [0.1, 0.15) is 0 Å². The van der Waals surface area contributed by atoms with E-state index < -0.39 is 0 Å². The molecular formula is C58H100ClN3OS. The molecule has 4 nitrogen and oxygen atoms in total. The van der Waals surface area contributed by atoms with Gasteiger partial charge in [0.2, 0.25) is 5.91 Å². The molecule has 366 valence electrons. The van der Waals surface area contributed by atoms with Crippen LogP contribution in [0.15, 0.2) is 47.4 Å². The second kappa shape index (κ2) is 27.8. The summed E-state index contributed by atoms with van der Waals surface area (Å²) in [6, 6.07) is 14.3. The van der Waals surface area contributed by atoms with Gasteiger partial charge in [0.25, 0.3) is 0 Å². The van der Waals surface area contributed by atoms with Gasteiger partial charge in [-0.25, -0.2) is 0 Å². The molecule has 3 N–H and O–H groups in total. The molecule has 0 bridgehead atoms. The normalized spacial score (nSPS) is 30.6. The number of aryl methyl sites for hydroxylation is 1. The molecule has 10 atom stereocenters. The van der Waals surface area contributed by atoms with E-state index in [4.69, 9.17) is 11.6 Å². The lowest BCUT2D eigenvalue weighted by Gasteiger charge is -2.60. The van der Waals surface area contributed by atoms with Crippen molar-refractivity contribution in [1.82, 2.24) is 4.72 Å². The predicted molar refractivity (Wildman–Crippen MR) is 286 cm³/mol. The van der Waals surface area contributed by atoms with Crippen LogP contribution in [0.25, 0.3) is 0 Å². The molecule has 0 heterocycles.